The van der Waals surface area contributed by atoms with Gasteiger partial charge in [0.25, 0.3) is 5.56 Å². The standard InChI is InChI=1S/C25H25N7O3S/c1-35-13-21(36)31-8-6-16(7-9-31)32-23-17(24(33)30-25(32)34)12-28-20-5-4-19(29-22(20)23)14-2-3-18(27)15(10-14)11-26/h2-5,10-12,16,26H,6-9,13,27H2,1H3,(H,30,33,34). The second-order valence-electron chi connectivity index (χ2n) is 8.75. The summed E-state index contributed by atoms with van der Waals surface area (Å²) in [6.07, 6.45) is 4.04. The van der Waals surface area contributed by atoms with Crippen LogP contribution in [0.15, 0.2) is 46.1 Å². The lowest BCUT2D eigenvalue weighted by Gasteiger charge is -2.34. The van der Waals surface area contributed by atoms with Crippen molar-refractivity contribution in [3.05, 3.63) is 62.9 Å². The van der Waals surface area contributed by atoms with Crippen LogP contribution in [0.1, 0.15) is 24.4 Å². The number of fused-ring (bicyclic) bond motifs is 3. The molecular formula is C25H25N7O3S. The molecule has 1 saturated heterocycles. The molecule has 5 rings (SSSR count). The van der Waals surface area contributed by atoms with Crippen LogP contribution in [-0.2, 0) is 4.74 Å². The van der Waals surface area contributed by atoms with E-state index in [0.29, 0.717) is 71.4 Å². The van der Waals surface area contributed by atoms with Gasteiger partial charge in [-0.25, -0.2) is 9.78 Å². The average molecular weight is 504 g/mol. The second-order valence-corrected chi connectivity index (χ2v) is 9.22. The van der Waals surface area contributed by atoms with Gasteiger partial charge in [0, 0.05) is 55.5 Å². The maximum absolute atomic E-state index is 13.2. The van der Waals surface area contributed by atoms with Gasteiger partial charge in [-0.3, -0.25) is 19.3 Å². The first-order chi connectivity index (χ1) is 17.4. The van der Waals surface area contributed by atoms with Crippen LogP contribution in [0.5, 0.6) is 0 Å². The summed E-state index contributed by atoms with van der Waals surface area (Å²) in [7, 11) is 1.61. The molecule has 10 nitrogen and oxygen atoms in total. The molecule has 1 aliphatic heterocycles. The van der Waals surface area contributed by atoms with Crippen molar-refractivity contribution >= 4 is 51.0 Å². The number of thiocarbonyl (C=S) groups is 1. The Morgan fingerprint density at radius 2 is 2.06 bits per heavy atom. The quantitative estimate of drug-likeness (QED) is 0.163. The molecular weight excluding hydrogens is 478 g/mol. The van der Waals surface area contributed by atoms with E-state index in [-0.39, 0.29) is 6.04 Å². The number of aromatic amines is 1. The number of rotatable bonds is 5. The third kappa shape index (κ3) is 4.16. The number of nitrogens with two attached hydrogens (primary N) is 1. The topological polar surface area (TPSA) is 143 Å². The molecule has 4 heterocycles. The molecule has 4 N–H and O–H groups in total. The molecule has 0 aliphatic carbocycles. The SMILES string of the molecule is COCC(=S)N1CCC(n2c(=O)[nH]c(=O)c3cnc4ccc(-c5ccc(N)c(C=N)c5)nc4c32)CC1. The highest BCUT2D eigenvalue weighted by molar-refractivity contribution is 7.80. The van der Waals surface area contributed by atoms with Gasteiger partial charge in [0.05, 0.1) is 28.7 Å². The monoisotopic (exact) mass is 503 g/mol. The Morgan fingerprint density at radius 1 is 1.28 bits per heavy atom. The summed E-state index contributed by atoms with van der Waals surface area (Å²) in [5.41, 5.74) is 8.97. The molecule has 0 radical (unpaired) electrons. The highest BCUT2D eigenvalue weighted by Crippen LogP contribution is 2.29. The van der Waals surface area contributed by atoms with E-state index in [9.17, 15) is 9.59 Å². The maximum atomic E-state index is 13.2. The van der Waals surface area contributed by atoms with E-state index in [1.54, 1.807) is 23.8 Å². The van der Waals surface area contributed by atoms with E-state index in [4.69, 9.17) is 33.1 Å². The molecule has 36 heavy (non-hydrogen) atoms. The number of piperidine rings is 1. The van der Waals surface area contributed by atoms with Crippen LogP contribution in [0.25, 0.3) is 33.2 Å². The van der Waals surface area contributed by atoms with Crippen LogP contribution in [0.3, 0.4) is 0 Å². The average Bonchev–Trinajstić information content (AvgIpc) is 2.89. The fourth-order valence-corrected chi connectivity index (χ4v) is 5.05. The van der Waals surface area contributed by atoms with Gasteiger partial charge in [0.1, 0.15) is 10.5 Å². The normalized spacial score (nSPS) is 14.4. The van der Waals surface area contributed by atoms with Gasteiger partial charge in [-0.2, -0.15) is 0 Å². The third-order valence-electron chi connectivity index (χ3n) is 6.60. The van der Waals surface area contributed by atoms with Crippen molar-refractivity contribution < 1.29 is 4.74 Å². The fourth-order valence-electron chi connectivity index (χ4n) is 4.75. The first kappa shape index (κ1) is 23.8. The fraction of sp³-hybridized carbons (Fsp3) is 0.280. The predicted octanol–water partition coefficient (Wildman–Crippen LogP) is 2.49. The van der Waals surface area contributed by atoms with Crippen LogP contribution >= 0.6 is 12.2 Å². The molecule has 4 aromatic rings. The number of methoxy groups -OCH3 is 1. The van der Waals surface area contributed by atoms with Crippen molar-refractivity contribution in [1.82, 2.24) is 24.4 Å². The van der Waals surface area contributed by atoms with E-state index in [0.717, 1.165) is 10.6 Å². The molecule has 0 spiro atoms. The van der Waals surface area contributed by atoms with Gasteiger partial charge >= 0.3 is 5.69 Å². The number of H-pyrrole nitrogens is 1. The van der Waals surface area contributed by atoms with E-state index < -0.39 is 11.2 Å². The number of pyridine rings is 2. The summed E-state index contributed by atoms with van der Waals surface area (Å²) in [6, 6.07) is 8.84. The summed E-state index contributed by atoms with van der Waals surface area (Å²) in [6.45, 7) is 1.74. The Morgan fingerprint density at radius 3 is 2.78 bits per heavy atom. The second kappa shape index (κ2) is 9.59. The number of aromatic nitrogens is 4. The molecule has 0 atom stereocenters. The van der Waals surface area contributed by atoms with Crippen molar-refractivity contribution in [2.45, 2.75) is 18.9 Å². The van der Waals surface area contributed by atoms with Crippen molar-refractivity contribution in [3.63, 3.8) is 0 Å². The van der Waals surface area contributed by atoms with E-state index in [2.05, 4.69) is 14.9 Å². The number of hydrogen-bond donors (Lipinski definition) is 3. The number of benzene rings is 1. The van der Waals surface area contributed by atoms with Gasteiger partial charge in [0.2, 0.25) is 0 Å². The zero-order valence-electron chi connectivity index (χ0n) is 19.7. The minimum Gasteiger partial charge on any atom is -0.398 e. The number of hydrogen-bond acceptors (Lipinski definition) is 8. The number of anilines is 1. The number of nitrogens with zero attached hydrogens (tertiary/aromatic N) is 4. The van der Waals surface area contributed by atoms with Crippen LogP contribution in [0.2, 0.25) is 0 Å². The van der Waals surface area contributed by atoms with Gasteiger partial charge in [0.15, 0.2) is 0 Å². The summed E-state index contributed by atoms with van der Waals surface area (Å²) < 4.78 is 6.82. The van der Waals surface area contributed by atoms with Crippen molar-refractivity contribution in [3.8, 4) is 11.3 Å². The molecule has 0 unspecified atom stereocenters. The lowest BCUT2D eigenvalue weighted by atomic mass is 10.0. The minimum absolute atomic E-state index is 0.143. The summed E-state index contributed by atoms with van der Waals surface area (Å²) >= 11 is 5.44. The van der Waals surface area contributed by atoms with Gasteiger partial charge in [-0.1, -0.05) is 18.3 Å². The van der Waals surface area contributed by atoms with Crippen LogP contribution in [0, 0.1) is 5.41 Å². The summed E-state index contributed by atoms with van der Waals surface area (Å²) in [4.78, 5) is 40.5. The molecule has 1 aromatic carbocycles. The van der Waals surface area contributed by atoms with Crippen molar-refractivity contribution in [1.29, 1.82) is 5.41 Å². The first-order valence-corrected chi connectivity index (χ1v) is 11.9. The third-order valence-corrected chi connectivity index (χ3v) is 6.98. The minimum atomic E-state index is -0.495. The Kier molecular flexibility index (Phi) is 6.33. The summed E-state index contributed by atoms with van der Waals surface area (Å²) in [5, 5.41) is 7.91. The van der Waals surface area contributed by atoms with E-state index in [1.807, 2.05) is 18.2 Å². The molecule has 3 aromatic heterocycles. The zero-order valence-corrected chi connectivity index (χ0v) is 20.5. The largest absolute Gasteiger partial charge is 0.398 e. The Balaban J connectivity index is 1.66. The molecule has 184 valence electrons. The smallest absolute Gasteiger partial charge is 0.329 e. The molecule has 0 saturated carbocycles. The number of likely N-dealkylation sites (tertiary alicyclic amines) is 1. The van der Waals surface area contributed by atoms with Crippen LogP contribution < -0.4 is 17.0 Å². The summed E-state index contributed by atoms with van der Waals surface area (Å²) in [5.74, 6) is 0. The highest BCUT2D eigenvalue weighted by atomic mass is 32.1. The molecule has 1 aliphatic rings. The Bertz CT molecular complexity index is 1620. The van der Waals surface area contributed by atoms with E-state index >= 15 is 0 Å². The lowest BCUT2D eigenvalue weighted by molar-refractivity contribution is 0.215. The molecule has 11 heteroatoms. The maximum Gasteiger partial charge on any atom is 0.329 e. The van der Waals surface area contributed by atoms with Crippen LogP contribution in [-0.4, -0.2) is 62.4 Å². The van der Waals surface area contributed by atoms with Gasteiger partial charge < -0.3 is 20.8 Å². The predicted molar refractivity (Wildman–Crippen MR) is 144 cm³/mol. The number of nitrogens with one attached hydrogen (secondary N) is 2. The Hall–Kier alpha value is -3.96. The zero-order chi connectivity index (χ0) is 25.4. The van der Waals surface area contributed by atoms with Crippen molar-refractivity contribution in [2.75, 3.05) is 32.5 Å². The first-order valence-electron chi connectivity index (χ1n) is 11.5. The van der Waals surface area contributed by atoms with Crippen LogP contribution in [0.4, 0.5) is 5.69 Å². The number of ether oxygens (including phenoxy) is 1. The number of nitrogen functional groups attached to an aromatic ring is 1. The van der Waals surface area contributed by atoms with Gasteiger partial charge in [-0.15, -0.1) is 0 Å². The molecule has 1 fully saturated rings. The molecule has 0 bridgehead atoms. The Labute approximate surface area is 211 Å². The highest BCUT2D eigenvalue weighted by Gasteiger charge is 2.26. The molecule has 0 amide bonds. The van der Waals surface area contributed by atoms with Gasteiger partial charge in [-0.05, 0) is 37.1 Å². The van der Waals surface area contributed by atoms with E-state index in [1.165, 1.54) is 12.4 Å². The lowest BCUT2D eigenvalue weighted by Crippen LogP contribution is -2.42. The van der Waals surface area contributed by atoms with Crippen molar-refractivity contribution in [2.24, 2.45) is 0 Å².